The summed E-state index contributed by atoms with van der Waals surface area (Å²) in [6, 6.07) is 5.55. The van der Waals surface area contributed by atoms with Gasteiger partial charge in [0, 0.05) is 0 Å². The summed E-state index contributed by atoms with van der Waals surface area (Å²) in [5.41, 5.74) is 0.886. The average Bonchev–Trinajstić information content (AvgIpc) is 2.59. The predicted molar refractivity (Wildman–Crippen MR) is 77.2 cm³/mol. The van der Waals surface area contributed by atoms with E-state index in [2.05, 4.69) is 17.0 Å². The lowest BCUT2D eigenvalue weighted by Crippen LogP contribution is -2.41. The number of nitriles is 1. The molecule has 0 bridgehead atoms. The summed E-state index contributed by atoms with van der Waals surface area (Å²) < 4.78 is 11.9. The van der Waals surface area contributed by atoms with Crippen molar-refractivity contribution in [2.24, 2.45) is 0 Å². The van der Waals surface area contributed by atoms with Gasteiger partial charge in [-0.05, 0) is 39.8 Å². The first-order chi connectivity index (χ1) is 9.30. The number of pyridine rings is 1. The van der Waals surface area contributed by atoms with E-state index in [1.165, 1.54) is 0 Å². The Morgan fingerprint density at radius 1 is 1.25 bits per heavy atom. The molecule has 0 aliphatic carbocycles. The molecule has 1 saturated heterocycles. The molecule has 0 aromatic carbocycles. The second-order valence-corrected chi connectivity index (χ2v) is 5.81. The number of nitrogens with zero attached hydrogens (tertiary/aromatic N) is 2. The van der Waals surface area contributed by atoms with Crippen molar-refractivity contribution in [3.8, 4) is 18.4 Å². The maximum absolute atomic E-state index is 9.05. The van der Waals surface area contributed by atoms with Crippen molar-refractivity contribution in [3.63, 3.8) is 0 Å². The Bertz CT molecular complexity index is 595. The molecule has 0 radical (unpaired) electrons. The SMILES string of the molecule is C#CCc1nc(B2OC(C)(C)C(C)(C)O2)ccc1C#N. The average molecular weight is 268 g/mol. The summed E-state index contributed by atoms with van der Waals surface area (Å²) in [6.07, 6.45) is 5.63. The standard InChI is InChI=1S/C15H17BN2O2/c1-6-7-12-11(10-17)8-9-13(18-12)16-19-14(2,3)15(4,5)20-16/h1,8-9H,7H2,2-5H3. The van der Waals surface area contributed by atoms with Crippen LogP contribution >= 0.6 is 0 Å². The molecule has 0 atom stereocenters. The highest BCUT2D eigenvalue weighted by Gasteiger charge is 2.52. The van der Waals surface area contributed by atoms with Crippen molar-refractivity contribution in [1.29, 1.82) is 5.26 Å². The minimum atomic E-state index is -0.538. The van der Waals surface area contributed by atoms with E-state index < -0.39 is 18.3 Å². The number of terminal acetylenes is 1. The van der Waals surface area contributed by atoms with Gasteiger partial charge in [-0.25, -0.2) is 0 Å². The summed E-state index contributed by atoms with van der Waals surface area (Å²) in [7, 11) is -0.538. The van der Waals surface area contributed by atoms with Crippen molar-refractivity contribution >= 4 is 12.7 Å². The molecule has 0 unspecified atom stereocenters. The molecule has 2 rings (SSSR count). The Morgan fingerprint density at radius 2 is 1.85 bits per heavy atom. The molecule has 0 N–H and O–H groups in total. The largest absolute Gasteiger partial charge is 0.514 e. The van der Waals surface area contributed by atoms with Crippen molar-refractivity contribution in [1.82, 2.24) is 4.98 Å². The fraction of sp³-hybridized carbons (Fsp3) is 0.467. The van der Waals surface area contributed by atoms with Crippen LogP contribution in [0.3, 0.4) is 0 Å². The number of aromatic nitrogens is 1. The number of rotatable bonds is 2. The van der Waals surface area contributed by atoms with E-state index in [4.69, 9.17) is 21.0 Å². The first kappa shape index (κ1) is 14.6. The minimum Gasteiger partial charge on any atom is -0.398 e. The van der Waals surface area contributed by atoms with Gasteiger partial charge in [-0.3, -0.25) is 4.98 Å². The second kappa shape index (κ2) is 4.94. The van der Waals surface area contributed by atoms with E-state index in [0.717, 1.165) is 0 Å². The van der Waals surface area contributed by atoms with Gasteiger partial charge in [-0.2, -0.15) is 5.26 Å². The van der Waals surface area contributed by atoms with E-state index >= 15 is 0 Å². The summed E-state index contributed by atoms with van der Waals surface area (Å²) in [6.45, 7) is 7.94. The lowest BCUT2D eigenvalue weighted by atomic mass is 9.83. The van der Waals surface area contributed by atoms with Gasteiger partial charge in [0.05, 0.1) is 34.5 Å². The lowest BCUT2D eigenvalue weighted by Gasteiger charge is -2.32. The van der Waals surface area contributed by atoms with Crippen molar-refractivity contribution in [3.05, 3.63) is 23.4 Å². The van der Waals surface area contributed by atoms with E-state index in [1.807, 2.05) is 27.7 Å². The summed E-state index contributed by atoms with van der Waals surface area (Å²) in [5, 5.41) is 9.05. The van der Waals surface area contributed by atoms with Crippen LogP contribution in [0.5, 0.6) is 0 Å². The van der Waals surface area contributed by atoms with Crippen LogP contribution in [0, 0.1) is 23.7 Å². The van der Waals surface area contributed by atoms with E-state index in [-0.39, 0.29) is 0 Å². The third-order valence-electron chi connectivity index (χ3n) is 3.88. The Kier molecular flexibility index (Phi) is 3.60. The predicted octanol–water partition coefficient (Wildman–Crippen LogP) is 1.43. The Balaban J connectivity index is 2.35. The fourth-order valence-electron chi connectivity index (χ4n) is 1.95. The normalized spacial score (nSPS) is 19.4. The zero-order valence-corrected chi connectivity index (χ0v) is 12.2. The second-order valence-electron chi connectivity index (χ2n) is 5.81. The molecule has 1 aromatic heterocycles. The molecule has 1 aliphatic heterocycles. The van der Waals surface area contributed by atoms with Gasteiger partial charge in [0.2, 0.25) is 0 Å². The molecule has 0 saturated carbocycles. The van der Waals surface area contributed by atoms with E-state index in [0.29, 0.717) is 23.3 Å². The molecule has 20 heavy (non-hydrogen) atoms. The van der Waals surface area contributed by atoms with Crippen LogP contribution in [-0.4, -0.2) is 23.3 Å². The monoisotopic (exact) mass is 268 g/mol. The molecule has 0 amide bonds. The highest BCUT2D eigenvalue weighted by molar-refractivity contribution is 6.61. The zero-order chi connectivity index (χ0) is 15.0. The molecule has 1 aromatic rings. The third kappa shape index (κ3) is 2.43. The van der Waals surface area contributed by atoms with Gasteiger partial charge in [-0.15, -0.1) is 12.3 Å². The van der Waals surface area contributed by atoms with E-state index in [9.17, 15) is 0 Å². The Hall–Kier alpha value is -1.82. The Labute approximate surface area is 120 Å². The van der Waals surface area contributed by atoms with Crippen LogP contribution in [-0.2, 0) is 15.7 Å². The highest BCUT2D eigenvalue weighted by atomic mass is 16.7. The first-order valence-electron chi connectivity index (χ1n) is 6.50. The lowest BCUT2D eigenvalue weighted by molar-refractivity contribution is 0.00578. The van der Waals surface area contributed by atoms with Crippen LogP contribution in [0.25, 0.3) is 0 Å². The number of hydrogen-bond donors (Lipinski definition) is 0. The third-order valence-corrected chi connectivity index (χ3v) is 3.88. The number of hydrogen-bond acceptors (Lipinski definition) is 4. The Morgan fingerprint density at radius 3 is 2.35 bits per heavy atom. The van der Waals surface area contributed by atoms with Gasteiger partial charge in [0.1, 0.15) is 6.07 Å². The maximum atomic E-state index is 9.05. The molecule has 5 heteroatoms. The van der Waals surface area contributed by atoms with Crippen LogP contribution in [0.1, 0.15) is 39.0 Å². The molecular formula is C15H17BN2O2. The molecule has 102 valence electrons. The minimum absolute atomic E-state index is 0.316. The zero-order valence-electron chi connectivity index (χ0n) is 12.2. The quantitative estimate of drug-likeness (QED) is 0.601. The molecule has 1 aliphatic rings. The van der Waals surface area contributed by atoms with Crippen LogP contribution in [0.2, 0.25) is 0 Å². The van der Waals surface area contributed by atoms with Crippen LogP contribution < -0.4 is 5.59 Å². The van der Waals surface area contributed by atoms with Gasteiger partial charge in [-0.1, -0.05) is 0 Å². The van der Waals surface area contributed by atoms with Crippen LogP contribution in [0.4, 0.5) is 0 Å². The summed E-state index contributed by atoms with van der Waals surface area (Å²) in [5.74, 6) is 2.51. The van der Waals surface area contributed by atoms with Gasteiger partial charge in [0.25, 0.3) is 0 Å². The summed E-state index contributed by atoms with van der Waals surface area (Å²) in [4.78, 5) is 4.43. The van der Waals surface area contributed by atoms with Gasteiger partial charge >= 0.3 is 7.12 Å². The van der Waals surface area contributed by atoms with Gasteiger partial charge in [0.15, 0.2) is 0 Å². The van der Waals surface area contributed by atoms with Crippen LogP contribution in [0.15, 0.2) is 12.1 Å². The molecule has 0 spiro atoms. The topological polar surface area (TPSA) is 55.1 Å². The smallest absolute Gasteiger partial charge is 0.398 e. The highest BCUT2D eigenvalue weighted by Crippen LogP contribution is 2.36. The first-order valence-corrected chi connectivity index (χ1v) is 6.50. The van der Waals surface area contributed by atoms with Crippen molar-refractivity contribution in [2.75, 3.05) is 0 Å². The molecule has 1 fully saturated rings. The molecular weight excluding hydrogens is 251 g/mol. The molecule has 4 nitrogen and oxygen atoms in total. The summed E-state index contributed by atoms with van der Waals surface area (Å²) >= 11 is 0. The fourth-order valence-corrected chi connectivity index (χ4v) is 1.95. The van der Waals surface area contributed by atoms with Crippen molar-refractivity contribution in [2.45, 2.75) is 45.3 Å². The molecule has 2 heterocycles. The maximum Gasteiger partial charge on any atom is 0.514 e. The van der Waals surface area contributed by atoms with Gasteiger partial charge < -0.3 is 9.31 Å². The van der Waals surface area contributed by atoms with Crippen molar-refractivity contribution < 1.29 is 9.31 Å². The van der Waals surface area contributed by atoms with E-state index in [1.54, 1.807) is 12.1 Å².